The first-order chi connectivity index (χ1) is 6.00. The van der Waals surface area contributed by atoms with Crippen molar-refractivity contribution in [3.63, 3.8) is 0 Å². The van der Waals surface area contributed by atoms with E-state index in [4.69, 9.17) is 0 Å². The van der Waals surface area contributed by atoms with Crippen LogP contribution >= 0.6 is 0 Å². The molecule has 0 aromatic carbocycles. The summed E-state index contributed by atoms with van der Waals surface area (Å²) in [4.78, 5) is 11.6. The van der Waals surface area contributed by atoms with E-state index in [0.29, 0.717) is 0 Å². The van der Waals surface area contributed by atoms with E-state index in [1.54, 1.807) is 0 Å². The average molecular weight is 185 g/mol. The number of rotatable bonds is 1. The van der Waals surface area contributed by atoms with Crippen molar-refractivity contribution in [1.82, 2.24) is 16.0 Å². The molecule has 3 N–H and O–H groups in total. The summed E-state index contributed by atoms with van der Waals surface area (Å²) in [6.07, 6.45) is 0.0838. The second-order valence-electron chi connectivity index (χ2n) is 4.43. The molecule has 1 atom stereocenters. The van der Waals surface area contributed by atoms with Crippen molar-refractivity contribution in [2.45, 2.75) is 26.9 Å². The van der Waals surface area contributed by atoms with Crippen LogP contribution in [0.3, 0.4) is 0 Å². The Morgan fingerprint density at radius 3 is 2.54 bits per heavy atom. The fourth-order valence-electron chi connectivity index (χ4n) is 1.13. The van der Waals surface area contributed by atoms with Crippen LogP contribution in [0.25, 0.3) is 0 Å². The standard InChI is InChI=1S/C9H19N3O/c1-9(2,3)8(13)12-7-6-10-4-5-11-7/h7,10-11H,4-6H2,1-3H3,(H,12,13). The van der Waals surface area contributed by atoms with Crippen molar-refractivity contribution in [3.8, 4) is 0 Å². The molecule has 76 valence electrons. The summed E-state index contributed by atoms with van der Waals surface area (Å²) in [5, 5.41) is 9.39. The Labute approximate surface area is 79.5 Å². The van der Waals surface area contributed by atoms with E-state index in [1.165, 1.54) is 0 Å². The zero-order valence-electron chi connectivity index (χ0n) is 8.61. The molecule has 1 fully saturated rings. The maximum absolute atomic E-state index is 11.6. The van der Waals surface area contributed by atoms with Crippen LogP contribution in [-0.2, 0) is 4.79 Å². The molecule has 1 aliphatic heterocycles. The lowest BCUT2D eigenvalue weighted by atomic mass is 9.95. The van der Waals surface area contributed by atoms with Gasteiger partial charge in [-0.2, -0.15) is 0 Å². The van der Waals surface area contributed by atoms with Crippen LogP contribution in [0.1, 0.15) is 20.8 Å². The van der Waals surface area contributed by atoms with E-state index in [2.05, 4.69) is 16.0 Å². The molecule has 0 bridgehead atoms. The van der Waals surface area contributed by atoms with Crippen molar-refractivity contribution in [1.29, 1.82) is 0 Å². The lowest BCUT2D eigenvalue weighted by molar-refractivity contribution is -0.129. The summed E-state index contributed by atoms with van der Waals surface area (Å²) in [7, 11) is 0. The first-order valence-corrected chi connectivity index (χ1v) is 4.75. The zero-order valence-corrected chi connectivity index (χ0v) is 8.61. The number of hydrogen-bond acceptors (Lipinski definition) is 3. The monoisotopic (exact) mass is 185 g/mol. The number of amides is 1. The van der Waals surface area contributed by atoms with Crippen LogP contribution in [0, 0.1) is 5.41 Å². The summed E-state index contributed by atoms with van der Waals surface area (Å²) in [5.74, 6) is 0.0914. The van der Waals surface area contributed by atoms with E-state index < -0.39 is 0 Å². The maximum atomic E-state index is 11.6. The van der Waals surface area contributed by atoms with E-state index in [-0.39, 0.29) is 17.5 Å². The molecule has 1 saturated heterocycles. The summed E-state index contributed by atoms with van der Waals surface area (Å²) < 4.78 is 0. The Hall–Kier alpha value is -0.610. The molecule has 0 aliphatic carbocycles. The molecule has 1 aliphatic rings. The highest BCUT2D eigenvalue weighted by Gasteiger charge is 2.24. The van der Waals surface area contributed by atoms with Crippen molar-refractivity contribution >= 4 is 5.91 Å². The number of piperazine rings is 1. The molecule has 0 spiro atoms. The van der Waals surface area contributed by atoms with Gasteiger partial charge >= 0.3 is 0 Å². The van der Waals surface area contributed by atoms with Crippen LogP contribution in [-0.4, -0.2) is 31.7 Å². The second-order valence-corrected chi connectivity index (χ2v) is 4.43. The molecule has 13 heavy (non-hydrogen) atoms. The van der Waals surface area contributed by atoms with Gasteiger partial charge in [0.05, 0.1) is 6.17 Å². The highest BCUT2D eigenvalue weighted by Crippen LogP contribution is 2.12. The molecule has 1 rings (SSSR count). The second kappa shape index (κ2) is 4.07. The molecule has 1 heterocycles. The Morgan fingerprint density at radius 1 is 1.38 bits per heavy atom. The summed E-state index contributed by atoms with van der Waals surface area (Å²) in [5.41, 5.74) is -0.306. The third-order valence-electron chi connectivity index (χ3n) is 2.03. The van der Waals surface area contributed by atoms with Crippen molar-refractivity contribution < 1.29 is 4.79 Å². The van der Waals surface area contributed by atoms with E-state index in [0.717, 1.165) is 19.6 Å². The lowest BCUT2D eigenvalue weighted by Gasteiger charge is -2.28. The van der Waals surface area contributed by atoms with Gasteiger partial charge in [-0.25, -0.2) is 0 Å². The molecule has 4 heteroatoms. The molecule has 0 radical (unpaired) electrons. The van der Waals surface area contributed by atoms with Crippen LogP contribution in [0.15, 0.2) is 0 Å². The van der Waals surface area contributed by atoms with Gasteiger partial charge in [-0.05, 0) is 0 Å². The third-order valence-corrected chi connectivity index (χ3v) is 2.03. The molecule has 1 amide bonds. The van der Waals surface area contributed by atoms with Crippen molar-refractivity contribution in [2.75, 3.05) is 19.6 Å². The zero-order chi connectivity index (χ0) is 9.90. The van der Waals surface area contributed by atoms with Gasteiger partial charge in [-0.1, -0.05) is 20.8 Å². The topological polar surface area (TPSA) is 53.2 Å². The average Bonchev–Trinajstić information content (AvgIpc) is 2.04. The fourth-order valence-corrected chi connectivity index (χ4v) is 1.13. The van der Waals surface area contributed by atoms with Gasteiger partial charge in [0.1, 0.15) is 0 Å². The number of nitrogens with one attached hydrogen (secondary N) is 3. The summed E-state index contributed by atoms with van der Waals surface area (Å²) in [6.45, 7) is 8.44. The number of carbonyl (C=O) groups excluding carboxylic acids is 1. The molecule has 0 saturated carbocycles. The van der Waals surface area contributed by atoms with Crippen LogP contribution in [0.5, 0.6) is 0 Å². The molecule has 0 aromatic rings. The predicted octanol–water partition coefficient (Wildman–Crippen LogP) is -0.332. The SMILES string of the molecule is CC(C)(C)C(=O)NC1CNCCN1. The minimum absolute atomic E-state index is 0.0838. The molecule has 0 aromatic heterocycles. The molecular formula is C9H19N3O. The highest BCUT2D eigenvalue weighted by atomic mass is 16.2. The minimum atomic E-state index is -0.306. The van der Waals surface area contributed by atoms with Gasteiger partial charge in [-0.15, -0.1) is 0 Å². The normalized spacial score (nSPS) is 24.1. The highest BCUT2D eigenvalue weighted by molar-refractivity contribution is 5.81. The first kappa shape index (κ1) is 10.5. The Morgan fingerprint density at radius 2 is 2.08 bits per heavy atom. The van der Waals surface area contributed by atoms with Crippen molar-refractivity contribution in [2.24, 2.45) is 5.41 Å². The molecular weight excluding hydrogens is 166 g/mol. The Balaban J connectivity index is 2.35. The van der Waals surface area contributed by atoms with Gasteiger partial charge in [0.15, 0.2) is 0 Å². The number of hydrogen-bond donors (Lipinski definition) is 3. The Bertz CT molecular complexity index is 180. The van der Waals surface area contributed by atoms with Crippen LogP contribution in [0.2, 0.25) is 0 Å². The smallest absolute Gasteiger partial charge is 0.226 e. The predicted molar refractivity (Wildman–Crippen MR) is 52.3 cm³/mol. The lowest BCUT2D eigenvalue weighted by Crippen LogP contribution is -2.58. The van der Waals surface area contributed by atoms with Crippen molar-refractivity contribution in [3.05, 3.63) is 0 Å². The van der Waals surface area contributed by atoms with E-state index >= 15 is 0 Å². The van der Waals surface area contributed by atoms with E-state index in [1.807, 2.05) is 20.8 Å². The van der Waals surface area contributed by atoms with Crippen LogP contribution < -0.4 is 16.0 Å². The van der Waals surface area contributed by atoms with Crippen LogP contribution in [0.4, 0.5) is 0 Å². The van der Waals surface area contributed by atoms with Gasteiger partial charge in [0.25, 0.3) is 0 Å². The summed E-state index contributed by atoms with van der Waals surface area (Å²) in [6, 6.07) is 0. The van der Waals surface area contributed by atoms with Gasteiger partial charge < -0.3 is 10.6 Å². The van der Waals surface area contributed by atoms with E-state index in [9.17, 15) is 4.79 Å². The number of carbonyl (C=O) groups is 1. The minimum Gasteiger partial charge on any atom is -0.339 e. The maximum Gasteiger partial charge on any atom is 0.226 e. The summed E-state index contributed by atoms with van der Waals surface area (Å²) >= 11 is 0. The molecule has 1 unspecified atom stereocenters. The van der Waals surface area contributed by atoms with Gasteiger partial charge in [-0.3, -0.25) is 10.1 Å². The van der Waals surface area contributed by atoms with Gasteiger partial charge in [0, 0.05) is 25.0 Å². The first-order valence-electron chi connectivity index (χ1n) is 4.75. The Kier molecular flexibility index (Phi) is 3.27. The molecule has 4 nitrogen and oxygen atoms in total. The fraction of sp³-hybridized carbons (Fsp3) is 0.889. The van der Waals surface area contributed by atoms with Gasteiger partial charge in [0.2, 0.25) is 5.91 Å². The quantitative estimate of drug-likeness (QED) is 0.524. The largest absolute Gasteiger partial charge is 0.339 e. The third kappa shape index (κ3) is 3.32.